The fourth-order valence-electron chi connectivity index (χ4n) is 1.73. The molecule has 2 rings (SSSR count). The van der Waals surface area contributed by atoms with Crippen LogP contribution in [0.4, 0.5) is 11.9 Å². The standard InChI is InChI=1S/C11H19N5O/c1-4-16(8-6-7-8)10-13-9(12-3)14-11(15-10)17-5-2/h8H,4-7H2,1-3H3,(H,12,13,14,15). The van der Waals surface area contributed by atoms with Crippen molar-refractivity contribution in [2.24, 2.45) is 0 Å². The molecule has 0 spiro atoms. The zero-order chi connectivity index (χ0) is 12.3. The van der Waals surface area contributed by atoms with Crippen LogP contribution in [0.5, 0.6) is 6.01 Å². The third kappa shape index (κ3) is 2.75. The Morgan fingerprint density at radius 1 is 1.29 bits per heavy atom. The molecule has 6 nitrogen and oxygen atoms in total. The Bertz CT molecular complexity index is 380. The van der Waals surface area contributed by atoms with Crippen LogP contribution in [0.15, 0.2) is 0 Å². The van der Waals surface area contributed by atoms with Gasteiger partial charge in [-0.2, -0.15) is 15.0 Å². The highest BCUT2D eigenvalue weighted by Gasteiger charge is 2.30. The Morgan fingerprint density at radius 3 is 2.59 bits per heavy atom. The molecule has 0 bridgehead atoms. The highest BCUT2D eigenvalue weighted by atomic mass is 16.5. The zero-order valence-corrected chi connectivity index (χ0v) is 10.6. The van der Waals surface area contributed by atoms with Crippen molar-refractivity contribution in [1.29, 1.82) is 0 Å². The first-order chi connectivity index (χ1) is 8.28. The second kappa shape index (κ2) is 5.16. The van der Waals surface area contributed by atoms with Gasteiger partial charge in [-0.25, -0.2) is 0 Å². The minimum absolute atomic E-state index is 0.390. The third-order valence-corrected chi connectivity index (χ3v) is 2.69. The molecule has 0 atom stereocenters. The van der Waals surface area contributed by atoms with Gasteiger partial charge >= 0.3 is 6.01 Å². The predicted octanol–water partition coefficient (Wildman–Crippen LogP) is 1.30. The van der Waals surface area contributed by atoms with E-state index in [0.29, 0.717) is 30.6 Å². The number of aromatic nitrogens is 3. The molecule has 17 heavy (non-hydrogen) atoms. The van der Waals surface area contributed by atoms with Gasteiger partial charge in [0.2, 0.25) is 11.9 Å². The molecular formula is C11H19N5O. The summed E-state index contributed by atoms with van der Waals surface area (Å²) >= 11 is 0. The minimum Gasteiger partial charge on any atom is -0.464 e. The van der Waals surface area contributed by atoms with Crippen LogP contribution < -0.4 is 15.0 Å². The number of hydrogen-bond donors (Lipinski definition) is 1. The maximum Gasteiger partial charge on any atom is 0.323 e. The van der Waals surface area contributed by atoms with E-state index in [4.69, 9.17) is 4.74 Å². The molecule has 0 aromatic carbocycles. The Labute approximate surface area is 101 Å². The molecular weight excluding hydrogens is 218 g/mol. The Morgan fingerprint density at radius 2 is 2.06 bits per heavy atom. The van der Waals surface area contributed by atoms with Crippen LogP contribution in [-0.4, -0.2) is 41.2 Å². The summed E-state index contributed by atoms with van der Waals surface area (Å²) in [5.41, 5.74) is 0. The smallest absolute Gasteiger partial charge is 0.323 e. The van der Waals surface area contributed by atoms with Crippen LogP contribution in [-0.2, 0) is 0 Å². The van der Waals surface area contributed by atoms with Gasteiger partial charge in [-0.1, -0.05) is 0 Å². The second-order valence-corrected chi connectivity index (χ2v) is 3.94. The van der Waals surface area contributed by atoms with Crippen molar-refractivity contribution in [3.05, 3.63) is 0 Å². The van der Waals surface area contributed by atoms with E-state index >= 15 is 0 Å². The van der Waals surface area contributed by atoms with Gasteiger partial charge < -0.3 is 15.0 Å². The van der Waals surface area contributed by atoms with E-state index in [1.54, 1.807) is 7.05 Å². The van der Waals surface area contributed by atoms with E-state index in [1.807, 2.05) is 6.92 Å². The van der Waals surface area contributed by atoms with Gasteiger partial charge in [-0.15, -0.1) is 0 Å². The second-order valence-electron chi connectivity index (χ2n) is 3.94. The molecule has 6 heteroatoms. The number of rotatable bonds is 6. The zero-order valence-electron chi connectivity index (χ0n) is 10.6. The van der Waals surface area contributed by atoms with Crippen LogP contribution >= 0.6 is 0 Å². The van der Waals surface area contributed by atoms with Gasteiger partial charge in [0.25, 0.3) is 0 Å². The maximum atomic E-state index is 5.35. The third-order valence-electron chi connectivity index (χ3n) is 2.69. The lowest BCUT2D eigenvalue weighted by Crippen LogP contribution is -2.27. The van der Waals surface area contributed by atoms with Gasteiger partial charge in [0.15, 0.2) is 0 Å². The highest BCUT2D eigenvalue weighted by Crippen LogP contribution is 2.30. The summed E-state index contributed by atoms with van der Waals surface area (Å²) in [5, 5.41) is 2.94. The van der Waals surface area contributed by atoms with Gasteiger partial charge in [0.1, 0.15) is 0 Å². The number of anilines is 2. The van der Waals surface area contributed by atoms with E-state index in [1.165, 1.54) is 12.8 Å². The Hall–Kier alpha value is -1.59. The summed E-state index contributed by atoms with van der Waals surface area (Å²) in [7, 11) is 1.79. The molecule has 0 saturated heterocycles. The van der Waals surface area contributed by atoms with Gasteiger partial charge in [-0.3, -0.25) is 0 Å². The molecule has 1 aromatic heterocycles. The van der Waals surface area contributed by atoms with Gasteiger partial charge in [0, 0.05) is 19.6 Å². The van der Waals surface area contributed by atoms with Crippen molar-refractivity contribution in [3.63, 3.8) is 0 Å². The lowest BCUT2D eigenvalue weighted by Gasteiger charge is -2.20. The van der Waals surface area contributed by atoms with E-state index in [0.717, 1.165) is 6.54 Å². The summed E-state index contributed by atoms with van der Waals surface area (Å²) < 4.78 is 5.35. The van der Waals surface area contributed by atoms with Crippen molar-refractivity contribution >= 4 is 11.9 Å². The van der Waals surface area contributed by atoms with E-state index in [9.17, 15) is 0 Å². The lowest BCUT2D eigenvalue weighted by atomic mass is 10.5. The Kier molecular flexibility index (Phi) is 3.61. The van der Waals surface area contributed by atoms with Gasteiger partial charge in [-0.05, 0) is 26.7 Å². The molecule has 0 aliphatic heterocycles. The molecule has 0 unspecified atom stereocenters. The van der Waals surface area contributed by atoms with Crippen LogP contribution in [0.2, 0.25) is 0 Å². The van der Waals surface area contributed by atoms with Crippen LogP contribution in [0.25, 0.3) is 0 Å². The molecule has 1 aromatic rings. The number of nitrogens with zero attached hydrogens (tertiary/aromatic N) is 4. The quantitative estimate of drug-likeness (QED) is 0.804. The van der Waals surface area contributed by atoms with Crippen molar-refractivity contribution < 1.29 is 4.74 Å². The number of hydrogen-bond acceptors (Lipinski definition) is 6. The summed E-state index contributed by atoms with van der Waals surface area (Å²) in [5.74, 6) is 1.26. The summed E-state index contributed by atoms with van der Waals surface area (Å²) in [6, 6.07) is 0.975. The first-order valence-electron chi connectivity index (χ1n) is 6.11. The average Bonchev–Trinajstić information content (AvgIpc) is 3.15. The number of ether oxygens (including phenoxy) is 1. The first kappa shape index (κ1) is 11.9. The van der Waals surface area contributed by atoms with Crippen LogP contribution in [0, 0.1) is 0 Å². The van der Waals surface area contributed by atoms with E-state index in [-0.39, 0.29) is 0 Å². The van der Waals surface area contributed by atoms with Crippen molar-refractivity contribution in [2.75, 3.05) is 30.4 Å². The van der Waals surface area contributed by atoms with Gasteiger partial charge in [0.05, 0.1) is 6.61 Å². The summed E-state index contributed by atoms with van der Waals surface area (Å²) in [6.07, 6.45) is 2.44. The predicted molar refractivity (Wildman–Crippen MR) is 66.6 cm³/mol. The summed E-state index contributed by atoms with van der Waals surface area (Å²) in [6.45, 7) is 5.49. The molecule has 1 aliphatic carbocycles. The monoisotopic (exact) mass is 237 g/mol. The van der Waals surface area contributed by atoms with E-state index < -0.39 is 0 Å². The lowest BCUT2D eigenvalue weighted by molar-refractivity contribution is 0.312. The van der Waals surface area contributed by atoms with Crippen molar-refractivity contribution in [1.82, 2.24) is 15.0 Å². The molecule has 94 valence electrons. The van der Waals surface area contributed by atoms with Crippen molar-refractivity contribution in [2.45, 2.75) is 32.7 Å². The minimum atomic E-state index is 0.390. The molecule has 1 fully saturated rings. The van der Waals surface area contributed by atoms with Crippen LogP contribution in [0.3, 0.4) is 0 Å². The SMILES string of the molecule is CCOc1nc(NC)nc(N(CC)C2CC2)n1. The fraction of sp³-hybridized carbons (Fsp3) is 0.727. The first-order valence-corrected chi connectivity index (χ1v) is 6.11. The van der Waals surface area contributed by atoms with Crippen molar-refractivity contribution in [3.8, 4) is 6.01 Å². The van der Waals surface area contributed by atoms with Crippen LogP contribution in [0.1, 0.15) is 26.7 Å². The molecule has 1 heterocycles. The molecule has 1 N–H and O–H groups in total. The normalized spacial score (nSPS) is 14.5. The Balaban J connectivity index is 2.27. The molecule has 0 radical (unpaired) electrons. The molecule has 0 amide bonds. The highest BCUT2D eigenvalue weighted by molar-refractivity contribution is 5.40. The topological polar surface area (TPSA) is 63.2 Å². The average molecular weight is 237 g/mol. The molecule has 1 saturated carbocycles. The fourth-order valence-corrected chi connectivity index (χ4v) is 1.73. The molecule has 1 aliphatic rings. The van der Waals surface area contributed by atoms with E-state index in [2.05, 4.69) is 32.1 Å². The summed E-state index contributed by atoms with van der Waals surface area (Å²) in [4.78, 5) is 15.1. The number of nitrogens with one attached hydrogen (secondary N) is 1. The maximum absolute atomic E-state index is 5.35. The largest absolute Gasteiger partial charge is 0.464 e.